The molecule has 0 fully saturated rings. The zero-order chi connectivity index (χ0) is 17.7. The number of rotatable bonds is 1. The van der Waals surface area contributed by atoms with Crippen molar-refractivity contribution in [2.75, 3.05) is 18.5 Å². The number of hydrogen-bond acceptors (Lipinski definition) is 7. The molecule has 1 atom stereocenters. The van der Waals surface area contributed by atoms with Crippen LogP contribution in [0.3, 0.4) is 0 Å². The highest BCUT2D eigenvalue weighted by Gasteiger charge is 2.26. The second-order valence-corrected chi connectivity index (χ2v) is 6.25. The van der Waals surface area contributed by atoms with Gasteiger partial charge in [0.25, 0.3) is 0 Å². The number of anilines is 1. The van der Waals surface area contributed by atoms with Crippen molar-refractivity contribution in [2.24, 2.45) is 10.7 Å². The maximum Gasteiger partial charge on any atom is 0.212 e. The van der Waals surface area contributed by atoms with Crippen molar-refractivity contribution in [2.45, 2.75) is 12.6 Å². The second kappa shape index (κ2) is 5.55. The van der Waals surface area contributed by atoms with Crippen LogP contribution in [0.15, 0.2) is 41.4 Å². The number of phenolic OH excluding ortho intramolecular Hbond substituents is 1. The van der Waals surface area contributed by atoms with E-state index >= 15 is 0 Å². The molecule has 4 N–H and O–H groups in total. The molecule has 0 aliphatic carbocycles. The van der Waals surface area contributed by atoms with Crippen LogP contribution in [0.1, 0.15) is 18.2 Å². The molecule has 0 saturated heterocycles. The van der Waals surface area contributed by atoms with E-state index in [0.717, 1.165) is 23.0 Å². The van der Waals surface area contributed by atoms with Crippen LogP contribution in [0, 0.1) is 0 Å². The first kappa shape index (κ1) is 14.9. The van der Waals surface area contributed by atoms with Crippen molar-refractivity contribution in [1.29, 1.82) is 0 Å². The summed E-state index contributed by atoms with van der Waals surface area (Å²) in [6, 6.07) is 10.7. The molecule has 2 aromatic carbocycles. The molecule has 26 heavy (non-hydrogen) atoms. The first-order valence-corrected chi connectivity index (χ1v) is 8.40. The number of aromatic hydroxyl groups is 1. The molecular weight excluding hydrogens is 334 g/mol. The normalized spacial score (nSPS) is 18.6. The van der Waals surface area contributed by atoms with Crippen LogP contribution in [0.4, 0.5) is 5.95 Å². The lowest BCUT2D eigenvalue weighted by atomic mass is 10.1. The highest BCUT2D eigenvalue weighted by atomic mass is 16.5. The molecule has 1 aromatic heterocycles. The average Bonchev–Trinajstić information content (AvgIpc) is 2.81. The van der Waals surface area contributed by atoms with Gasteiger partial charge in [-0.2, -0.15) is 0 Å². The topological polar surface area (TPSA) is 107 Å². The van der Waals surface area contributed by atoms with Gasteiger partial charge in [0.05, 0.1) is 24.2 Å². The minimum atomic E-state index is -0.387. The molecule has 2 aliphatic heterocycles. The molecule has 2 aliphatic rings. The van der Waals surface area contributed by atoms with Crippen LogP contribution in [0.5, 0.6) is 17.2 Å². The summed E-state index contributed by atoms with van der Waals surface area (Å²) in [5.74, 6) is 2.49. The Kier molecular flexibility index (Phi) is 3.18. The molecule has 0 amide bonds. The zero-order valence-electron chi connectivity index (χ0n) is 13.8. The summed E-state index contributed by atoms with van der Waals surface area (Å²) in [7, 11) is 0. The van der Waals surface area contributed by atoms with Crippen molar-refractivity contribution < 1.29 is 14.6 Å². The van der Waals surface area contributed by atoms with E-state index in [1.165, 1.54) is 0 Å². The van der Waals surface area contributed by atoms with Gasteiger partial charge >= 0.3 is 0 Å². The van der Waals surface area contributed by atoms with Crippen LogP contribution in [0.2, 0.25) is 0 Å². The van der Waals surface area contributed by atoms with Crippen LogP contribution >= 0.6 is 0 Å². The van der Waals surface area contributed by atoms with E-state index in [-0.39, 0.29) is 11.9 Å². The van der Waals surface area contributed by atoms with Gasteiger partial charge < -0.3 is 20.3 Å². The zero-order valence-corrected chi connectivity index (χ0v) is 13.8. The highest BCUT2D eigenvalue weighted by Crippen LogP contribution is 2.39. The van der Waals surface area contributed by atoms with Crippen molar-refractivity contribution >= 4 is 22.9 Å². The molecule has 132 valence electrons. The van der Waals surface area contributed by atoms with Gasteiger partial charge in [0.1, 0.15) is 5.75 Å². The fourth-order valence-electron chi connectivity index (χ4n) is 3.29. The van der Waals surface area contributed by atoms with Crippen LogP contribution in [0.25, 0.3) is 11.0 Å². The van der Waals surface area contributed by atoms with Gasteiger partial charge in [0, 0.05) is 18.6 Å². The molecule has 0 bridgehead atoms. The smallest absolute Gasteiger partial charge is 0.212 e. The molecular formula is C18H17N5O3. The molecule has 0 unspecified atom stereocenters. The molecule has 0 spiro atoms. The van der Waals surface area contributed by atoms with Gasteiger partial charge in [-0.1, -0.05) is 12.1 Å². The van der Waals surface area contributed by atoms with Gasteiger partial charge in [0.15, 0.2) is 23.6 Å². The minimum absolute atomic E-state index is 0.200. The van der Waals surface area contributed by atoms with Crippen molar-refractivity contribution in [3.05, 3.63) is 42.0 Å². The predicted molar refractivity (Wildman–Crippen MR) is 96.8 cm³/mol. The third-order valence-corrected chi connectivity index (χ3v) is 4.50. The number of hydrogen-bond donors (Lipinski definition) is 3. The Morgan fingerprint density at radius 2 is 1.85 bits per heavy atom. The Morgan fingerprint density at radius 3 is 2.62 bits per heavy atom. The molecule has 0 saturated carbocycles. The summed E-state index contributed by atoms with van der Waals surface area (Å²) in [5.41, 5.74) is 8.48. The van der Waals surface area contributed by atoms with E-state index in [9.17, 15) is 5.11 Å². The fourth-order valence-corrected chi connectivity index (χ4v) is 3.29. The van der Waals surface area contributed by atoms with Crippen LogP contribution < -0.4 is 20.5 Å². The number of benzene rings is 2. The number of fused-ring (bicyclic) bond motifs is 4. The SMILES string of the molecule is NC1=N[C@H](c2ccc(O)cc2)n2c(nc3cc4c(cc32)OCCCO4)N1. The van der Waals surface area contributed by atoms with E-state index in [1.807, 2.05) is 28.8 Å². The summed E-state index contributed by atoms with van der Waals surface area (Å²) in [6.07, 6.45) is 0.456. The lowest BCUT2D eigenvalue weighted by Crippen LogP contribution is -2.31. The summed E-state index contributed by atoms with van der Waals surface area (Å²) in [6.45, 7) is 1.24. The van der Waals surface area contributed by atoms with Crippen molar-refractivity contribution in [3.8, 4) is 17.2 Å². The standard InChI is InChI=1S/C18H17N5O3/c19-17-21-16(10-2-4-11(24)5-3-10)23-13-9-15-14(25-6-1-7-26-15)8-12(13)20-18(23)22-17/h2-5,8-9,16,24H,1,6-7H2,(H3,19,20,21,22)/t16-/m0/s1. The monoisotopic (exact) mass is 351 g/mol. The van der Waals surface area contributed by atoms with Crippen molar-refractivity contribution in [1.82, 2.24) is 9.55 Å². The van der Waals surface area contributed by atoms with Gasteiger partial charge in [-0.25, -0.2) is 9.98 Å². The number of nitrogens with one attached hydrogen (secondary N) is 1. The lowest BCUT2D eigenvalue weighted by Gasteiger charge is -2.24. The first-order chi connectivity index (χ1) is 12.7. The Balaban J connectivity index is 1.70. The molecule has 8 heteroatoms. The summed E-state index contributed by atoms with van der Waals surface area (Å²) < 4.78 is 13.5. The van der Waals surface area contributed by atoms with E-state index in [2.05, 4.69) is 15.3 Å². The number of phenols is 1. The molecule has 3 heterocycles. The molecule has 0 radical (unpaired) electrons. The van der Waals surface area contributed by atoms with Crippen molar-refractivity contribution in [3.63, 3.8) is 0 Å². The van der Waals surface area contributed by atoms with E-state index in [0.29, 0.717) is 36.6 Å². The lowest BCUT2D eigenvalue weighted by molar-refractivity contribution is 0.297. The Labute approximate surface area is 148 Å². The minimum Gasteiger partial charge on any atom is -0.508 e. The fraction of sp³-hybridized carbons (Fsp3) is 0.222. The number of aliphatic imine (C=N–C) groups is 1. The van der Waals surface area contributed by atoms with Gasteiger partial charge in [-0.15, -0.1) is 0 Å². The third-order valence-electron chi connectivity index (χ3n) is 4.50. The Bertz CT molecular complexity index is 1030. The largest absolute Gasteiger partial charge is 0.508 e. The number of guanidine groups is 1. The maximum absolute atomic E-state index is 9.57. The Morgan fingerprint density at radius 1 is 1.12 bits per heavy atom. The average molecular weight is 351 g/mol. The molecule has 5 rings (SSSR count). The van der Waals surface area contributed by atoms with Gasteiger partial charge in [-0.05, 0) is 17.7 Å². The summed E-state index contributed by atoms with van der Waals surface area (Å²) >= 11 is 0. The number of nitrogens with zero attached hydrogens (tertiary/aromatic N) is 3. The number of nitrogens with two attached hydrogens (primary N) is 1. The van der Waals surface area contributed by atoms with E-state index in [4.69, 9.17) is 15.2 Å². The van der Waals surface area contributed by atoms with Crippen LogP contribution in [-0.4, -0.2) is 33.8 Å². The van der Waals surface area contributed by atoms with E-state index < -0.39 is 0 Å². The highest BCUT2D eigenvalue weighted by molar-refractivity contribution is 5.95. The molecule has 8 nitrogen and oxygen atoms in total. The summed E-state index contributed by atoms with van der Waals surface area (Å²) in [4.78, 5) is 9.17. The van der Waals surface area contributed by atoms with E-state index in [1.54, 1.807) is 12.1 Å². The van der Waals surface area contributed by atoms with Gasteiger partial charge in [-0.3, -0.25) is 9.88 Å². The Hall–Kier alpha value is -3.42. The summed E-state index contributed by atoms with van der Waals surface area (Å²) in [5, 5.41) is 12.6. The number of ether oxygens (including phenoxy) is 2. The number of aromatic nitrogens is 2. The van der Waals surface area contributed by atoms with Crippen LogP contribution in [-0.2, 0) is 0 Å². The molecule has 3 aromatic rings. The van der Waals surface area contributed by atoms with Gasteiger partial charge in [0.2, 0.25) is 5.95 Å². The predicted octanol–water partition coefficient (Wildman–Crippen LogP) is 2.19. The quantitative estimate of drug-likeness (QED) is 0.620. The number of imidazole rings is 1. The third kappa shape index (κ3) is 2.30. The first-order valence-electron chi connectivity index (χ1n) is 8.40. The maximum atomic E-state index is 9.57. The second-order valence-electron chi connectivity index (χ2n) is 6.25.